The summed E-state index contributed by atoms with van der Waals surface area (Å²) in [4.78, 5) is 59.3. The molecule has 3 rings (SSSR count). The summed E-state index contributed by atoms with van der Waals surface area (Å²) in [5.41, 5.74) is 3.07. The summed E-state index contributed by atoms with van der Waals surface area (Å²) in [5.74, 6) is -1.92. The van der Waals surface area contributed by atoms with Gasteiger partial charge in [0.25, 0.3) is 0 Å². The molecule has 2 atom stereocenters. The Labute approximate surface area is 269 Å². The number of carbonyl (C=O) groups excluding carboxylic acids is 5. The summed E-state index contributed by atoms with van der Waals surface area (Å²) in [6.45, 7) is 6.81. The van der Waals surface area contributed by atoms with Crippen LogP contribution in [0.25, 0.3) is 11.1 Å². The Morgan fingerprint density at radius 1 is 0.739 bits per heavy atom. The maximum Gasteiger partial charge on any atom is 0.347 e. The molecule has 1 unspecified atom stereocenters. The minimum atomic E-state index is -1.01. The Morgan fingerprint density at radius 3 is 1.91 bits per heavy atom. The highest BCUT2D eigenvalue weighted by Gasteiger charge is 2.20. The molecule has 3 aromatic carbocycles. The number of hydrogen-bond acceptors (Lipinski definition) is 9. The minimum absolute atomic E-state index is 0.199. The molecule has 9 heteroatoms. The van der Waals surface area contributed by atoms with Crippen molar-refractivity contribution in [2.75, 3.05) is 6.61 Å². The van der Waals surface area contributed by atoms with Crippen molar-refractivity contribution in [3.63, 3.8) is 0 Å². The zero-order valence-corrected chi connectivity index (χ0v) is 26.3. The standard InChI is InChI=1S/C37H40O9/c1-4-34(39)46-33(12-10-8-6-7-9-11-25-38)29-15-19-31(20-16-29)37(42)45-32-23-21-28(22-24-32)27-13-17-30(18-14-27)36(41)44-26(3)35(40)43-5-2/h4,13-26,33H,1,5-12H2,2-3H3/t26-,33?/m1/s1. The second kappa shape index (κ2) is 18.7. The average molecular weight is 629 g/mol. The van der Waals surface area contributed by atoms with E-state index in [9.17, 15) is 24.0 Å². The zero-order chi connectivity index (χ0) is 33.3. The van der Waals surface area contributed by atoms with Crippen LogP contribution < -0.4 is 4.74 Å². The summed E-state index contributed by atoms with van der Waals surface area (Å²) in [6, 6.07) is 20.4. The molecule has 0 heterocycles. The molecule has 0 saturated carbocycles. The molecule has 3 aromatic rings. The molecule has 0 radical (unpaired) electrons. The van der Waals surface area contributed by atoms with Gasteiger partial charge in [0.15, 0.2) is 6.10 Å². The molecular formula is C37H40O9. The van der Waals surface area contributed by atoms with Crippen LogP contribution in [0.4, 0.5) is 0 Å². The summed E-state index contributed by atoms with van der Waals surface area (Å²) in [5, 5.41) is 0. The van der Waals surface area contributed by atoms with E-state index in [2.05, 4.69) is 6.58 Å². The minimum Gasteiger partial charge on any atom is -0.463 e. The Morgan fingerprint density at radius 2 is 1.30 bits per heavy atom. The van der Waals surface area contributed by atoms with Gasteiger partial charge in [-0.25, -0.2) is 19.2 Å². The van der Waals surface area contributed by atoms with Crippen molar-refractivity contribution in [2.45, 2.75) is 71.0 Å². The fraction of sp³-hybridized carbons (Fsp3) is 0.324. The Kier molecular flexibility index (Phi) is 14.4. The second-order valence-corrected chi connectivity index (χ2v) is 10.6. The first-order valence-corrected chi connectivity index (χ1v) is 15.4. The van der Waals surface area contributed by atoms with E-state index in [1.54, 1.807) is 79.7 Å². The summed E-state index contributed by atoms with van der Waals surface area (Å²) >= 11 is 0. The van der Waals surface area contributed by atoms with Crippen LogP contribution in [0.1, 0.15) is 91.2 Å². The second-order valence-electron chi connectivity index (χ2n) is 10.6. The lowest BCUT2D eigenvalue weighted by Crippen LogP contribution is -2.26. The van der Waals surface area contributed by atoms with Gasteiger partial charge in [0.05, 0.1) is 17.7 Å². The van der Waals surface area contributed by atoms with E-state index in [1.165, 1.54) is 6.92 Å². The van der Waals surface area contributed by atoms with Crippen LogP contribution in [-0.4, -0.2) is 42.9 Å². The molecule has 0 amide bonds. The van der Waals surface area contributed by atoms with Gasteiger partial charge >= 0.3 is 23.9 Å². The molecule has 0 aromatic heterocycles. The van der Waals surface area contributed by atoms with Gasteiger partial charge < -0.3 is 23.7 Å². The SMILES string of the molecule is C=CC(=O)OC(CCCCCCCC=O)c1ccc(C(=O)Oc2ccc(-c3ccc(C(=O)O[C@H](C)C(=O)OCC)cc3)cc2)cc1. The van der Waals surface area contributed by atoms with E-state index in [0.717, 1.165) is 61.2 Å². The molecule has 0 saturated heterocycles. The lowest BCUT2D eigenvalue weighted by molar-refractivity contribution is -0.152. The van der Waals surface area contributed by atoms with Crippen molar-refractivity contribution in [1.29, 1.82) is 0 Å². The van der Waals surface area contributed by atoms with Gasteiger partial charge in [-0.2, -0.15) is 0 Å². The normalized spacial score (nSPS) is 11.9. The van der Waals surface area contributed by atoms with E-state index in [4.69, 9.17) is 18.9 Å². The van der Waals surface area contributed by atoms with Gasteiger partial charge in [0.2, 0.25) is 0 Å². The van der Waals surface area contributed by atoms with Crippen LogP contribution in [0.2, 0.25) is 0 Å². The molecule has 0 aliphatic carbocycles. The van der Waals surface area contributed by atoms with Crippen molar-refractivity contribution in [2.24, 2.45) is 0 Å². The lowest BCUT2D eigenvalue weighted by Gasteiger charge is -2.18. The van der Waals surface area contributed by atoms with E-state index < -0.39 is 36.1 Å². The molecule has 46 heavy (non-hydrogen) atoms. The lowest BCUT2D eigenvalue weighted by atomic mass is 10.0. The number of hydrogen-bond donors (Lipinski definition) is 0. The predicted octanol–water partition coefficient (Wildman–Crippen LogP) is 7.38. The molecule has 9 nitrogen and oxygen atoms in total. The third-order valence-electron chi connectivity index (χ3n) is 7.15. The maximum absolute atomic E-state index is 12.8. The van der Waals surface area contributed by atoms with Gasteiger partial charge in [-0.1, -0.05) is 62.2 Å². The van der Waals surface area contributed by atoms with Gasteiger partial charge in [-0.3, -0.25) is 0 Å². The molecule has 0 fully saturated rings. The Hall–Kier alpha value is -5.05. The monoisotopic (exact) mass is 628 g/mol. The number of esters is 4. The van der Waals surface area contributed by atoms with E-state index in [1.807, 2.05) is 0 Å². The summed E-state index contributed by atoms with van der Waals surface area (Å²) < 4.78 is 21.1. The van der Waals surface area contributed by atoms with Gasteiger partial charge in [-0.05, 0) is 86.2 Å². The quantitative estimate of drug-likeness (QED) is 0.0354. The smallest absolute Gasteiger partial charge is 0.347 e. The van der Waals surface area contributed by atoms with Crippen molar-refractivity contribution in [3.8, 4) is 16.9 Å². The molecule has 0 spiro atoms. The Bertz CT molecular complexity index is 1460. The number of ether oxygens (including phenoxy) is 4. The van der Waals surface area contributed by atoms with Crippen molar-refractivity contribution >= 4 is 30.2 Å². The van der Waals surface area contributed by atoms with Crippen LogP contribution in [0, 0.1) is 0 Å². The maximum atomic E-state index is 12.8. The molecular weight excluding hydrogens is 588 g/mol. The van der Waals surface area contributed by atoms with Crippen LogP contribution in [0.15, 0.2) is 85.5 Å². The number of rotatable bonds is 18. The van der Waals surface area contributed by atoms with Crippen molar-refractivity contribution < 1.29 is 42.9 Å². The highest BCUT2D eigenvalue weighted by molar-refractivity contribution is 5.92. The third kappa shape index (κ3) is 11.1. The number of aldehydes is 1. The van der Waals surface area contributed by atoms with Crippen LogP contribution in [0.5, 0.6) is 5.75 Å². The predicted molar refractivity (Wildman–Crippen MR) is 172 cm³/mol. The first kappa shape index (κ1) is 35.4. The van der Waals surface area contributed by atoms with Crippen LogP contribution in [0.3, 0.4) is 0 Å². The largest absolute Gasteiger partial charge is 0.463 e. The molecule has 0 aliphatic heterocycles. The molecule has 0 N–H and O–H groups in total. The molecule has 0 aliphatic rings. The van der Waals surface area contributed by atoms with Crippen LogP contribution in [-0.2, 0) is 28.6 Å². The number of carbonyl (C=O) groups is 5. The van der Waals surface area contributed by atoms with Gasteiger partial charge in [0.1, 0.15) is 18.1 Å². The first-order chi connectivity index (χ1) is 22.2. The fourth-order valence-corrected chi connectivity index (χ4v) is 4.62. The summed E-state index contributed by atoms with van der Waals surface area (Å²) in [7, 11) is 0. The van der Waals surface area contributed by atoms with Crippen molar-refractivity contribution in [3.05, 3.63) is 102 Å². The summed E-state index contributed by atoms with van der Waals surface area (Å²) in [6.07, 6.45) is 6.48. The average Bonchev–Trinajstić information content (AvgIpc) is 3.07. The third-order valence-corrected chi connectivity index (χ3v) is 7.15. The highest BCUT2D eigenvalue weighted by Crippen LogP contribution is 2.27. The Balaban J connectivity index is 1.56. The molecule has 0 bridgehead atoms. The molecule has 242 valence electrons. The topological polar surface area (TPSA) is 122 Å². The van der Waals surface area contributed by atoms with Crippen molar-refractivity contribution in [1.82, 2.24) is 0 Å². The highest BCUT2D eigenvalue weighted by atomic mass is 16.6. The van der Waals surface area contributed by atoms with Crippen LogP contribution >= 0.6 is 0 Å². The zero-order valence-electron chi connectivity index (χ0n) is 26.3. The number of benzene rings is 3. The van der Waals surface area contributed by atoms with E-state index >= 15 is 0 Å². The number of unbranched alkanes of at least 4 members (excludes halogenated alkanes) is 5. The van der Waals surface area contributed by atoms with Gasteiger partial charge in [0, 0.05) is 12.5 Å². The van der Waals surface area contributed by atoms with E-state index in [-0.39, 0.29) is 6.61 Å². The van der Waals surface area contributed by atoms with E-state index in [0.29, 0.717) is 29.7 Å². The first-order valence-electron chi connectivity index (χ1n) is 15.4. The van der Waals surface area contributed by atoms with Gasteiger partial charge in [-0.15, -0.1) is 0 Å². The fourth-order valence-electron chi connectivity index (χ4n) is 4.62.